The Morgan fingerprint density at radius 2 is 2.08 bits per heavy atom. The van der Waals surface area contributed by atoms with E-state index in [4.69, 9.17) is 9.26 Å². The SMILES string of the molecule is COc1ccc2nc(C)cc(-c3nc(Cc4cnn(C)c4)no3)c2c1. The van der Waals surface area contributed by atoms with Gasteiger partial charge >= 0.3 is 0 Å². The fourth-order valence-electron chi connectivity index (χ4n) is 2.82. The number of fused-ring (bicyclic) bond motifs is 1. The van der Waals surface area contributed by atoms with Crippen LogP contribution in [-0.4, -0.2) is 32.0 Å². The molecule has 0 aliphatic carbocycles. The molecule has 126 valence electrons. The third kappa shape index (κ3) is 2.96. The molecule has 0 bridgehead atoms. The van der Waals surface area contributed by atoms with E-state index in [0.717, 1.165) is 33.5 Å². The Kier molecular flexibility index (Phi) is 3.68. The molecule has 0 atom stereocenters. The second kappa shape index (κ2) is 6.01. The van der Waals surface area contributed by atoms with Gasteiger partial charge in [0.25, 0.3) is 5.89 Å². The highest BCUT2D eigenvalue weighted by atomic mass is 16.5. The van der Waals surface area contributed by atoms with Gasteiger partial charge in [-0.1, -0.05) is 5.16 Å². The minimum absolute atomic E-state index is 0.475. The summed E-state index contributed by atoms with van der Waals surface area (Å²) in [4.78, 5) is 9.11. The summed E-state index contributed by atoms with van der Waals surface area (Å²) in [5.74, 6) is 1.85. The lowest BCUT2D eigenvalue weighted by molar-refractivity contribution is 0.415. The molecule has 0 saturated heterocycles. The maximum atomic E-state index is 5.51. The lowest BCUT2D eigenvalue weighted by Crippen LogP contribution is -1.92. The molecule has 4 aromatic rings. The fraction of sp³-hybridized carbons (Fsp3) is 0.222. The van der Waals surface area contributed by atoms with Crippen LogP contribution in [0.5, 0.6) is 5.75 Å². The standard InChI is InChI=1S/C18H17N5O2/c1-11-6-15(14-8-13(24-3)4-5-16(14)20-11)18-21-17(22-25-18)7-12-9-19-23(2)10-12/h4-6,8-10H,7H2,1-3H3. The zero-order valence-corrected chi connectivity index (χ0v) is 14.2. The Morgan fingerprint density at radius 3 is 2.84 bits per heavy atom. The molecule has 7 nitrogen and oxygen atoms in total. The Balaban J connectivity index is 1.76. The zero-order chi connectivity index (χ0) is 17.4. The van der Waals surface area contributed by atoms with Crippen LogP contribution in [-0.2, 0) is 13.5 Å². The van der Waals surface area contributed by atoms with Gasteiger partial charge in [-0.05, 0) is 36.8 Å². The summed E-state index contributed by atoms with van der Waals surface area (Å²) >= 11 is 0. The first kappa shape index (κ1) is 15.3. The summed E-state index contributed by atoms with van der Waals surface area (Å²) in [5, 5.41) is 9.18. The summed E-state index contributed by atoms with van der Waals surface area (Å²) in [6.45, 7) is 1.94. The molecule has 4 rings (SSSR count). The highest BCUT2D eigenvalue weighted by molar-refractivity contribution is 5.93. The van der Waals surface area contributed by atoms with Gasteiger partial charge < -0.3 is 9.26 Å². The van der Waals surface area contributed by atoms with E-state index in [1.165, 1.54) is 0 Å². The van der Waals surface area contributed by atoms with Crippen molar-refractivity contribution in [2.45, 2.75) is 13.3 Å². The summed E-state index contributed by atoms with van der Waals surface area (Å²) in [6, 6.07) is 7.70. The van der Waals surface area contributed by atoms with E-state index in [9.17, 15) is 0 Å². The monoisotopic (exact) mass is 335 g/mol. The average Bonchev–Trinajstić information content (AvgIpc) is 3.23. The van der Waals surface area contributed by atoms with Gasteiger partial charge in [0.15, 0.2) is 5.82 Å². The smallest absolute Gasteiger partial charge is 0.258 e. The molecule has 0 fully saturated rings. The number of pyridine rings is 1. The molecule has 0 saturated carbocycles. The van der Waals surface area contributed by atoms with Crippen LogP contribution in [0.2, 0.25) is 0 Å². The average molecular weight is 335 g/mol. The normalized spacial score (nSPS) is 11.2. The van der Waals surface area contributed by atoms with Crippen molar-refractivity contribution in [1.29, 1.82) is 0 Å². The Hall–Kier alpha value is -3.22. The van der Waals surface area contributed by atoms with Crippen molar-refractivity contribution < 1.29 is 9.26 Å². The van der Waals surface area contributed by atoms with E-state index < -0.39 is 0 Å². The van der Waals surface area contributed by atoms with E-state index in [0.29, 0.717) is 18.1 Å². The summed E-state index contributed by atoms with van der Waals surface area (Å²) in [7, 11) is 3.52. The molecule has 0 amide bonds. The quantitative estimate of drug-likeness (QED) is 0.570. The number of rotatable bonds is 4. The predicted molar refractivity (Wildman–Crippen MR) is 92.3 cm³/mol. The molecule has 0 aliphatic rings. The van der Waals surface area contributed by atoms with E-state index in [1.807, 2.05) is 44.4 Å². The van der Waals surface area contributed by atoms with E-state index in [-0.39, 0.29) is 0 Å². The summed E-state index contributed by atoms with van der Waals surface area (Å²) in [5.41, 5.74) is 3.64. The van der Waals surface area contributed by atoms with Crippen molar-refractivity contribution in [1.82, 2.24) is 24.9 Å². The molecule has 3 heterocycles. The summed E-state index contributed by atoms with van der Waals surface area (Å²) < 4.78 is 12.6. The molecule has 0 N–H and O–H groups in total. The highest BCUT2D eigenvalue weighted by Crippen LogP contribution is 2.30. The number of hydrogen-bond donors (Lipinski definition) is 0. The van der Waals surface area contributed by atoms with Crippen LogP contribution in [0.15, 0.2) is 41.2 Å². The number of ether oxygens (including phenoxy) is 1. The van der Waals surface area contributed by atoms with Gasteiger partial charge in [0, 0.05) is 30.7 Å². The van der Waals surface area contributed by atoms with Crippen molar-refractivity contribution in [2.75, 3.05) is 7.11 Å². The number of aromatic nitrogens is 5. The van der Waals surface area contributed by atoms with Crippen molar-refractivity contribution >= 4 is 10.9 Å². The van der Waals surface area contributed by atoms with Crippen molar-refractivity contribution in [2.24, 2.45) is 7.05 Å². The summed E-state index contributed by atoms with van der Waals surface area (Å²) in [6.07, 6.45) is 4.31. The van der Waals surface area contributed by atoms with E-state index in [1.54, 1.807) is 18.0 Å². The van der Waals surface area contributed by atoms with Crippen molar-refractivity contribution in [3.63, 3.8) is 0 Å². The lowest BCUT2D eigenvalue weighted by atomic mass is 10.1. The first-order valence-corrected chi connectivity index (χ1v) is 7.88. The van der Waals surface area contributed by atoms with Gasteiger partial charge in [-0.2, -0.15) is 10.1 Å². The number of aryl methyl sites for hydroxylation is 2. The minimum Gasteiger partial charge on any atom is -0.497 e. The van der Waals surface area contributed by atoms with Crippen LogP contribution in [0.4, 0.5) is 0 Å². The zero-order valence-electron chi connectivity index (χ0n) is 14.2. The minimum atomic E-state index is 0.475. The molecule has 0 aliphatic heterocycles. The van der Waals surface area contributed by atoms with E-state index >= 15 is 0 Å². The first-order valence-electron chi connectivity index (χ1n) is 7.88. The van der Waals surface area contributed by atoms with Gasteiger partial charge in [0.1, 0.15) is 5.75 Å². The Labute approximate surface area is 144 Å². The Bertz CT molecular complexity index is 1050. The molecule has 25 heavy (non-hydrogen) atoms. The molecule has 3 aromatic heterocycles. The van der Waals surface area contributed by atoms with Crippen molar-refractivity contribution in [3.8, 4) is 17.2 Å². The fourth-order valence-corrected chi connectivity index (χ4v) is 2.82. The maximum Gasteiger partial charge on any atom is 0.258 e. The number of methoxy groups -OCH3 is 1. The van der Waals surface area contributed by atoms with Gasteiger partial charge in [-0.25, -0.2) is 0 Å². The molecule has 0 spiro atoms. The molecule has 0 unspecified atom stereocenters. The predicted octanol–water partition coefficient (Wildman–Crippen LogP) is 2.93. The topological polar surface area (TPSA) is 78.9 Å². The Morgan fingerprint density at radius 1 is 1.20 bits per heavy atom. The van der Waals surface area contributed by atoms with Crippen LogP contribution in [0.1, 0.15) is 17.1 Å². The van der Waals surface area contributed by atoms with Crippen LogP contribution in [0.25, 0.3) is 22.4 Å². The molecule has 1 aromatic carbocycles. The van der Waals surface area contributed by atoms with Crippen LogP contribution >= 0.6 is 0 Å². The highest BCUT2D eigenvalue weighted by Gasteiger charge is 2.15. The third-order valence-corrected chi connectivity index (χ3v) is 3.96. The molecule has 0 radical (unpaired) electrons. The molecular formula is C18H17N5O2. The van der Waals surface area contributed by atoms with Crippen molar-refractivity contribution in [3.05, 3.63) is 53.7 Å². The van der Waals surface area contributed by atoms with E-state index in [2.05, 4.69) is 20.2 Å². The second-order valence-electron chi connectivity index (χ2n) is 5.91. The number of benzene rings is 1. The maximum absolute atomic E-state index is 5.51. The van der Waals surface area contributed by atoms with Gasteiger partial charge in [0.05, 0.1) is 24.4 Å². The number of nitrogens with zero attached hydrogens (tertiary/aromatic N) is 5. The third-order valence-electron chi connectivity index (χ3n) is 3.96. The number of hydrogen-bond acceptors (Lipinski definition) is 6. The van der Waals surface area contributed by atoms with Crippen LogP contribution in [0.3, 0.4) is 0 Å². The van der Waals surface area contributed by atoms with Gasteiger partial charge in [-0.3, -0.25) is 9.67 Å². The molecular weight excluding hydrogens is 318 g/mol. The van der Waals surface area contributed by atoms with Crippen LogP contribution in [0, 0.1) is 6.92 Å². The van der Waals surface area contributed by atoms with Gasteiger partial charge in [-0.15, -0.1) is 0 Å². The molecule has 7 heteroatoms. The second-order valence-corrected chi connectivity index (χ2v) is 5.91. The largest absolute Gasteiger partial charge is 0.497 e. The van der Waals surface area contributed by atoms with Gasteiger partial charge in [0.2, 0.25) is 0 Å². The first-order chi connectivity index (χ1) is 12.1. The van der Waals surface area contributed by atoms with Crippen LogP contribution < -0.4 is 4.74 Å². The lowest BCUT2D eigenvalue weighted by Gasteiger charge is -2.06.